The summed E-state index contributed by atoms with van der Waals surface area (Å²) < 4.78 is 5.25. The second-order valence-electron chi connectivity index (χ2n) is 4.23. The number of hydrogen-bond acceptors (Lipinski definition) is 5. The van der Waals surface area contributed by atoms with Crippen LogP contribution in [0.15, 0.2) is 29.0 Å². The summed E-state index contributed by atoms with van der Waals surface area (Å²) in [7, 11) is 1.95. The lowest BCUT2D eigenvalue weighted by molar-refractivity contribution is 0.355. The second-order valence-corrected chi connectivity index (χ2v) is 4.23. The zero-order valence-electron chi connectivity index (χ0n) is 10.8. The largest absolute Gasteiger partial charge is 0.339 e. The van der Waals surface area contributed by atoms with E-state index in [4.69, 9.17) is 4.52 Å². The molecule has 0 aromatic carbocycles. The molecule has 0 amide bonds. The molecule has 2 aromatic rings. The summed E-state index contributed by atoms with van der Waals surface area (Å²) in [5.74, 6) is 1.42. The van der Waals surface area contributed by atoms with E-state index in [-0.39, 0.29) is 0 Å². The number of nitrogens with zero attached hydrogens (tertiary/aromatic N) is 3. The number of likely N-dealkylation sites (N-methyl/N-ethyl adjacent to an activating group) is 1. The number of rotatable bonds is 6. The van der Waals surface area contributed by atoms with Gasteiger partial charge in [0.15, 0.2) is 5.82 Å². The molecule has 0 bridgehead atoms. The molecule has 0 fully saturated rings. The Morgan fingerprint density at radius 3 is 2.78 bits per heavy atom. The normalized spacial score (nSPS) is 12.6. The van der Waals surface area contributed by atoms with E-state index in [1.165, 1.54) is 0 Å². The summed E-state index contributed by atoms with van der Waals surface area (Å²) in [5.41, 5.74) is 1.14. The first kappa shape index (κ1) is 12.7. The van der Waals surface area contributed by atoms with Gasteiger partial charge < -0.3 is 9.84 Å². The third-order valence-electron chi connectivity index (χ3n) is 2.94. The number of pyridine rings is 1. The van der Waals surface area contributed by atoms with Gasteiger partial charge in [0.1, 0.15) is 0 Å². The van der Waals surface area contributed by atoms with Crippen molar-refractivity contribution in [2.24, 2.45) is 0 Å². The Labute approximate surface area is 107 Å². The zero-order valence-corrected chi connectivity index (χ0v) is 10.8. The highest BCUT2D eigenvalue weighted by Crippen LogP contribution is 2.08. The SMILES string of the molecule is CCC(Cc1nc(Cc2ccncc2)no1)NC. The molecule has 0 saturated heterocycles. The fourth-order valence-electron chi connectivity index (χ4n) is 1.79. The predicted molar refractivity (Wildman–Crippen MR) is 68.2 cm³/mol. The van der Waals surface area contributed by atoms with E-state index in [1.54, 1.807) is 12.4 Å². The standard InChI is InChI=1S/C13H18N4O/c1-3-11(14-2)9-13-16-12(17-18-13)8-10-4-6-15-7-5-10/h4-7,11,14H,3,8-9H2,1-2H3. The maximum Gasteiger partial charge on any atom is 0.228 e. The Balaban J connectivity index is 1.98. The molecule has 2 aromatic heterocycles. The summed E-state index contributed by atoms with van der Waals surface area (Å²) in [6.07, 6.45) is 6.03. The first-order valence-electron chi connectivity index (χ1n) is 6.19. The van der Waals surface area contributed by atoms with E-state index in [9.17, 15) is 0 Å². The van der Waals surface area contributed by atoms with Crippen LogP contribution in [0, 0.1) is 0 Å². The molecule has 0 aliphatic heterocycles. The molecule has 18 heavy (non-hydrogen) atoms. The van der Waals surface area contributed by atoms with Crippen molar-refractivity contribution < 1.29 is 4.52 Å². The molecule has 0 aliphatic carbocycles. The first-order chi connectivity index (χ1) is 8.81. The Hall–Kier alpha value is -1.75. The van der Waals surface area contributed by atoms with Gasteiger partial charge in [0.2, 0.25) is 5.89 Å². The lowest BCUT2D eigenvalue weighted by Gasteiger charge is -2.09. The van der Waals surface area contributed by atoms with Gasteiger partial charge >= 0.3 is 0 Å². The third-order valence-corrected chi connectivity index (χ3v) is 2.94. The summed E-state index contributed by atoms with van der Waals surface area (Å²) in [4.78, 5) is 8.38. The van der Waals surface area contributed by atoms with Crippen molar-refractivity contribution in [3.63, 3.8) is 0 Å². The van der Waals surface area contributed by atoms with Crippen molar-refractivity contribution in [3.8, 4) is 0 Å². The zero-order chi connectivity index (χ0) is 12.8. The predicted octanol–water partition coefficient (Wildman–Crippen LogP) is 1.60. The minimum Gasteiger partial charge on any atom is -0.339 e. The molecule has 5 heteroatoms. The van der Waals surface area contributed by atoms with Crippen LogP contribution in [0.25, 0.3) is 0 Å². The van der Waals surface area contributed by atoms with Crippen LogP contribution in [0.4, 0.5) is 0 Å². The average Bonchev–Trinajstić information content (AvgIpc) is 2.84. The van der Waals surface area contributed by atoms with Gasteiger partial charge in [-0.15, -0.1) is 0 Å². The van der Waals surface area contributed by atoms with Crippen LogP contribution in [-0.2, 0) is 12.8 Å². The van der Waals surface area contributed by atoms with E-state index < -0.39 is 0 Å². The maximum atomic E-state index is 5.25. The lowest BCUT2D eigenvalue weighted by Crippen LogP contribution is -2.26. The molecule has 2 rings (SSSR count). The van der Waals surface area contributed by atoms with Crippen LogP contribution >= 0.6 is 0 Å². The molecule has 5 nitrogen and oxygen atoms in total. The number of hydrogen-bond donors (Lipinski definition) is 1. The van der Waals surface area contributed by atoms with Gasteiger partial charge in [-0.05, 0) is 31.2 Å². The smallest absolute Gasteiger partial charge is 0.228 e. The molecule has 0 saturated carbocycles. The van der Waals surface area contributed by atoms with Crippen molar-refractivity contribution in [1.82, 2.24) is 20.4 Å². The average molecular weight is 246 g/mol. The van der Waals surface area contributed by atoms with Crippen molar-refractivity contribution in [1.29, 1.82) is 0 Å². The molecule has 1 unspecified atom stereocenters. The van der Waals surface area contributed by atoms with Crippen LogP contribution in [0.5, 0.6) is 0 Å². The Morgan fingerprint density at radius 2 is 2.11 bits per heavy atom. The van der Waals surface area contributed by atoms with E-state index in [0.29, 0.717) is 18.4 Å². The van der Waals surface area contributed by atoms with Crippen LogP contribution < -0.4 is 5.32 Å². The van der Waals surface area contributed by atoms with Crippen molar-refractivity contribution >= 4 is 0 Å². The van der Waals surface area contributed by atoms with E-state index in [0.717, 1.165) is 24.2 Å². The highest BCUT2D eigenvalue weighted by Gasteiger charge is 2.11. The monoisotopic (exact) mass is 246 g/mol. The summed E-state index contributed by atoms with van der Waals surface area (Å²) in [6, 6.07) is 4.30. The van der Waals surface area contributed by atoms with Crippen molar-refractivity contribution in [2.45, 2.75) is 32.2 Å². The molecule has 1 N–H and O–H groups in total. The Kier molecular flexibility index (Phi) is 4.41. The summed E-state index contributed by atoms with van der Waals surface area (Å²) >= 11 is 0. The third kappa shape index (κ3) is 3.37. The topological polar surface area (TPSA) is 63.8 Å². The molecular weight excluding hydrogens is 228 g/mol. The fraction of sp³-hybridized carbons (Fsp3) is 0.462. The quantitative estimate of drug-likeness (QED) is 0.838. The van der Waals surface area contributed by atoms with E-state index in [2.05, 4.69) is 27.4 Å². The van der Waals surface area contributed by atoms with Crippen LogP contribution in [0.2, 0.25) is 0 Å². The fourth-order valence-corrected chi connectivity index (χ4v) is 1.79. The Morgan fingerprint density at radius 1 is 1.33 bits per heavy atom. The Bertz CT molecular complexity index is 465. The van der Waals surface area contributed by atoms with Gasteiger partial charge in [0.25, 0.3) is 0 Å². The highest BCUT2D eigenvalue weighted by atomic mass is 16.5. The van der Waals surface area contributed by atoms with Crippen LogP contribution in [-0.4, -0.2) is 28.2 Å². The lowest BCUT2D eigenvalue weighted by atomic mass is 10.1. The molecule has 2 heterocycles. The maximum absolute atomic E-state index is 5.25. The highest BCUT2D eigenvalue weighted by molar-refractivity contribution is 5.14. The number of nitrogens with one attached hydrogen (secondary N) is 1. The van der Waals surface area contributed by atoms with Crippen LogP contribution in [0.1, 0.15) is 30.6 Å². The van der Waals surface area contributed by atoms with Crippen LogP contribution in [0.3, 0.4) is 0 Å². The second kappa shape index (κ2) is 6.26. The molecule has 0 spiro atoms. The minimum atomic E-state index is 0.388. The first-order valence-corrected chi connectivity index (χ1v) is 6.19. The minimum absolute atomic E-state index is 0.388. The van der Waals surface area contributed by atoms with E-state index in [1.807, 2.05) is 19.2 Å². The van der Waals surface area contributed by atoms with E-state index >= 15 is 0 Å². The molecule has 96 valence electrons. The van der Waals surface area contributed by atoms with Gasteiger partial charge in [-0.2, -0.15) is 4.98 Å². The number of aromatic nitrogens is 3. The molecule has 1 atom stereocenters. The molecule has 0 aliphatic rings. The van der Waals surface area contributed by atoms with Gasteiger partial charge in [-0.25, -0.2) is 0 Å². The molecule has 0 radical (unpaired) electrons. The van der Waals surface area contributed by atoms with Gasteiger partial charge in [-0.1, -0.05) is 12.1 Å². The van der Waals surface area contributed by atoms with Gasteiger partial charge in [0, 0.05) is 31.3 Å². The van der Waals surface area contributed by atoms with Gasteiger partial charge in [-0.3, -0.25) is 4.98 Å². The summed E-state index contributed by atoms with van der Waals surface area (Å²) in [6.45, 7) is 2.13. The van der Waals surface area contributed by atoms with Crippen molar-refractivity contribution in [3.05, 3.63) is 41.8 Å². The molecular formula is C13H18N4O. The summed E-state index contributed by atoms with van der Waals surface area (Å²) in [5, 5.41) is 7.22. The van der Waals surface area contributed by atoms with Crippen molar-refractivity contribution in [2.75, 3.05) is 7.05 Å². The van der Waals surface area contributed by atoms with Gasteiger partial charge in [0.05, 0.1) is 0 Å².